The first-order valence-electron chi connectivity index (χ1n) is 11.4. The highest BCUT2D eigenvalue weighted by Crippen LogP contribution is 2.20. The van der Waals surface area contributed by atoms with Crippen molar-refractivity contribution < 1.29 is 28.4 Å². The minimum absolute atomic E-state index is 0.126. The summed E-state index contributed by atoms with van der Waals surface area (Å²) in [6.45, 7) is 1.32. The number of hydrogen-bond donors (Lipinski definition) is 2. The summed E-state index contributed by atoms with van der Waals surface area (Å²) >= 11 is 0. The molecule has 0 aliphatic heterocycles. The Balaban J connectivity index is 1.26. The second-order valence-electron chi connectivity index (χ2n) is 8.17. The van der Waals surface area contributed by atoms with Gasteiger partial charge in [0.1, 0.15) is 5.75 Å². The average molecular weight is 479 g/mol. The fourth-order valence-electron chi connectivity index (χ4n) is 3.76. The van der Waals surface area contributed by atoms with Crippen molar-refractivity contribution in [3.63, 3.8) is 0 Å². The number of esters is 1. The maximum atomic E-state index is 12.6. The topological polar surface area (TPSA) is 133 Å². The van der Waals surface area contributed by atoms with Crippen LogP contribution in [0.25, 0.3) is 0 Å². The lowest BCUT2D eigenvalue weighted by Gasteiger charge is -2.15. The summed E-state index contributed by atoms with van der Waals surface area (Å²) in [6, 6.07) is 13.2. The number of aromatic nitrogens is 2. The molecule has 1 aliphatic carbocycles. The predicted octanol–water partition coefficient (Wildman–Crippen LogP) is 3.42. The van der Waals surface area contributed by atoms with E-state index in [1.807, 2.05) is 0 Å². The number of rotatable bonds is 9. The summed E-state index contributed by atoms with van der Waals surface area (Å²) in [5, 5.41) is 9.40. The van der Waals surface area contributed by atoms with Gasteiger partial charge in [-0.1, -0.05) is 30.1 Å². The van der Waals surface area contributed by atoms with E-state index in [0.29, 0.717) is 28.7 Å². The minimum Gasteiger partial charge on any atom is -0.485 e. The van der Waals surface area contributed by atoms with Crippen LogP contribution in [0.2, 0.25) is 0 Å². The molecule has 0 atom stereocenters. The Hall–Kier alpha value is -4.21. The molecule has 35 heavy (non-hydrogen) atoms. The zero-order valence-corrected chi connectivity index (χ0v) is 19.3. The van der Waals surface area contributed by atoms with E-state index in [1.54, 1.807) is 43.3 Å². The monoisotopic (exact) mass is 478 g/mol. The summed E-state index contributed by atoms with van der Waals surface area (Å²) in [6.07, 6.45) is 4.12. The lowest BCUT2D eigenvalue weighted by Crippen LogP contribution is -2.33. The van der Waals surface area contributed by atoms with Crippen LogP contribution in [0.3, 0.4) is 0 Å². The van der Waals surface area contributed by atoms with Gasteiger partial charge in [0, 0.05) is 13.0 Å². The molecule has 0 spiro atoms. The normalized spacial score (nSPS) is 13.3. The molecule has 1 heterocycles. The summed E-state index contributed by atoms with van der Waals surface area (Å²) in [5.74, 6) is -0.0745. The number of anilines is 1. The first-order valence-corrected chi connectivity index (χ1v) is 11.4. The van der Waals surface area contributed by atoms with Crippen LogP contribution in [-0.4, -0.2) is 40.6 Å². The number of carbonyl (C=O) groups excluding carboxylic acids is 3. The number of nitrogens with zero attached hydrogens (tertiary/aromatic N) is 2. The number of amides is 2. The SMILES string of the molecule is Cc1nc(COc2ccc(C(=O)OCC(=O)Nc3ccccc3C(=O)NC3CCCC3)cc2)no1. The van der Waals surface area contributed by atoms with Crippen LogP contribution >= 0.6 is 0 Å². The standard InChI is InChI=1S/C25H26N4O6/c1-16-26-22(29-35-16)14-33-19-12-10-17(11-13-19)25(32)34-15-23(30)28-21-9-5-4-8-20(21)24(31)27-18-6-2-3-7-18/h4-5,8-13,18H,2-3,6-7,14-15H2,1H3,(H,27,31)(H,28,30). The highest BCUT2D eigenvalue weighted by molar-refractivity contribution is 6.04. The van der Waals surface area contributed by atoms with Gasteiger partial charge in [-0.3, -0.25) is 9.59 Å². The van der Waals surface area contributed by atoms with Crippen LogP contribution in [-0.2, 0) is 16.1 Å². The van der Waals surface area contributed by atoms with Crippen molar-refractivity contribution in [3.8, 4) is 5.75 Å². The first-order chi connectivity index (χ1) is 17.0. The van der Waals surface area contributed by atoms with Crippen molar-refractivity contribution >= 4 is 23.5 Å². The molecule has 182 valence electrons. The van der Waals surface area contributed by atoms with Gasteiger partial charge in [0.05, 0.1) is 16.8 Å². The third-order valence-corrected chi connectivity index (χ3v) is 5.50. The first kappa shape index (κ1) is 23.9. The van der Waals surface area contributed by atoms with Gasteiger partial charge in [-0.25, -0.2) is 4.79 Å². The van der Waals surface area contributed by atoms with Gasteiger partial charge in [0.15, 0.2) is 13.2 Å². The van der Waals surface area contributed by atoms with E-state index in [1.165, 1.54) is 12.1 Å². The van der Waals surface area contributed by atoms with Gasteiger partial charge in [-0.2, -0.15) is 4.98 Å². The predicted molar refractivity (Wildman–Crippen MR) is 125 cm³/mol. The summed E-state index contributed by atoms with van der Waals surface area (Å²) in [5.41, 5.74) is 0.991. The average Bonchev–Trinajstić information content (AvgIpc) is 3.53. The van der Waals surface area contributed by atoms with Crippen LogP contribution in [0.5, 0.6) is 5.75 Å². The van der Waals surface area contributed by atoms with E-state index in [2.05, 4.69) is 20.8 Å². The van der Waals surface area contributed by atoms with E-state index in [-0.39, 0.29) is 24.1 Å². The van der Waals surface area contributed by atoms with Crippen LogP contribution in [0.4, 0.5) is 5.69 Å². The zero-order chi connectivity index (χ0) is 24.6. The molecule has 0 radical (unpaired) electrons. The zero-order valence-electron chi connectivity index (χ0n) is 19.3. The number of aryl methyl sites for hydroxylation is 1. The summed E-state index contributed by atoms with van der Waals surface area (Å²) in [7, 11) is 0. The van der Waals surface area contributed by atoms with E-state index in [9.17, 15) is 14.4 Å². The third kappa shape index (κ3) is 6.66. The molecule has 1 saturated carbocycles. The highest BCUT2D eigenvalue weighted by atomic mass is 16.5. The highest BCUT2D eigenvalue weighted by Gasteiger charge is 2.20. The largest absolute Gasteiger partial charge is 0.485 e. The van der Waals surface area contributed by atoms with Crippen molar-refractivity contribution in [1.29, 1.82) is 0 Å². The van der Waals surface area contributed by atoms with E-state index < -0.39 is 18.5 Å². The molecule has 10 heteroatoms. The molecule has 1 aliphatic rings. The van der Waals surface area contributed by atoms with E-state index in [4.69, 9.17) is 14.0 Å². The van der Waals surface area contributed by atoms with Crippen molar-refractivity contribution in [3.05, 3.63) is 71.4 Å². The molecule has 2 N–H and O–H groups in total. The van der Waals surface area contributed by atoms with Gasteiger partial charge < -0.3 is 24.6 Å². The maximum Gasteiger partial charge on any atom is 0.338 e. The van der Waals surface area contributed by atoms with Gasteiger partial charge in [0.2, 0.25) is 11.7 Å². The summed E-state index contributed by atoms with van der Waals surface area (Å²) < 4.78 is 15.5. The van der Waals surface area contributed by atoms with Crippen molar-refractivity contribution in [2.45, 2.75) is 45.3 Å². The Labute approximate surface area is 202 Å². The van der Waals surface area contributed by atoms with Crippen molar-refractivity contribution in [2.75, 3.05) is 11.9 Å². The van der Waals surface area contributed by atoms with Gasteiger partial charge in [0.25, 0.3) is 11.8 Å². The molecular weight excluding hydrogens is 452 g/mol. The lowest BCUT2D eigenvalue weighted by molar-refractivity contribution is -0.119. The molecule has 3 aromatic rings. The Morgan fingerprint density at radius 3 is 2.51 bits per heavy atom. The number of para-hydroxylation sites is 1. The Kier molecular flexibility index (Phi) is 7.71. The second-order valence-corrected chi connectivity index (χ2v) is 8.17. The van der Waals surface area contributed by atoms with E-state index >= 15 is 0 Å². The molecule has 10 nitrogen and oxygen atoms in total. The molecule has 1 aromatic heterocycles. The lowest BCUT2D eigenvalue weighted by atomic mass is 10.1. The van der Waals surface area contributed by atoms with E-state index in [0.717, 1.165) is 25.7 Å². The van der Waals surface area contributed by atoms with Crippen LogP contribution in [0.15, 0.2) is 53.1 Å². The Bertz CT molecular complexity index is 1180. The molecule has 0 unspecified atom stereocenters. The van der Waals surface area contributed by atoms with Crippen LogP contribution in [0.1, 0.15) is 58.1 Å². The van der Waals surface area contributed by atoms with Crippen molar-refractivity contribution in [2.24, 2.45) is 0 Å². The van der Waals surface area contributed by atoms with Gasteiger partial charge in [-0.05, 0) is 49.2 Å². The number of carbonyl (C=O) groups is 3. The van der Waals surface area contributed by atoms with Gasteiger partial charge in [-0.15, -0.1) is 0 Å². The smallest absolute Gasteiger partial charge is 0.338 e. The number of ether oxygens (including phenoxy) is 2. The Morgan fingerprint density at radius 1 is 1.06 bits per heavy atom. The number of benzene rings is 2. The fourth-order valence-corrected chi connectivity index (χ4v) is 3.76. The summed E-state index contributed by atoms with van der Waals surface area (Å²) in [4.78, 5) is 41.4. The molecular formula is C25H26N4O6. The fraction of sp³-hybridized carbons (Fsp3) is 0.320. The molecule has 0 bridgehead atoms. The Morgan fingerprint density at radius 2 is 1.80 bits per heavy atom. The van der Waals surface area contributed by atoms with Crippen LogP contribution < -0.4 is 15.4 Å². The maximum absolute atomic E-state index is 12.6. The van der Waals surface area contributed by atoms with Crippen LogP contribution in [0, 0.1) is 6.92 Å². The molecule has 0 saturated heterocycles. The second kappa shape index (κ2) is 11.3. The third-order valence-electron chi connectivity index (χ3n) is 5.50. The molecule has 2 amide bonds. The molecule has 4 rings (SSSR count). The number of nitrogens with one attached hydrogen (secondary N) is 2. The number of hydrogen-bond acceptors (Lipinski definition) is 8. The minimum atomic E-state index is -0.659. The molecule has 1 fully saturated rings. The molecule has 2 aromatic carbocycles. The van der Waals surface area contributed by atoms with Gasteiger partial charge >= 0.3 is 5.97 Å². The quantitative estimate of drug-likeness (QED) is 0.447. The van der Waals surface area contributed by atoms with Crippen molar-refractivity contribution in [1.82, 2.24) is 15.5 Å².